The van der Waals surface area contributed by atoms with Gasteiger partial charge in [-0.15, -0.1) is 0 Å². The highest BCUT2D eigenvalue weighted by atomic mass is 16.5. The van der Waals surface area contributed by atoms with Gasteiger partial charge in [0.2, 0.25) is 0 Å². The van der Waals surface area contributed by atoms with Crippen LogP contribution in [-0.4, -0.2) is 37.2 Å². The van der Waals surface area contributed by atoms with Gasteiger partial charge in [0, 0.05) is 25.1 Å². The number of Topliss-reactive ketones (excluding diaryl/α,β-unsaturated/α-hetero) is 2. The molecule has 120 valence electrons. The van der Waals surface area contributed by atoms with Crippen molar-refractivity contribution in [1.29, 1.82) is 0 Å². The number of rotatable bonds is 2. The molecule has 2 aliphatic heterocycles. The first-order chi connectivity index (χ1) is 11.1. The Bertz CT molecular complexity index is 750. The number of fused-ring (bicyclic) bond motifs is 4. The Morgan fingerprint density at radius 3 is 2.48 bits per heavy atom. The van der Waals surface area contributed by atoms with Crippen molar-refractivity contribution in [1.82, 2.24) is 4.90 Å². The Hall–Kier alpha value is -2.30. The summed E-state index contributed by atoms with van der Waals surface area (Å²) in [7, 11) is 3.25. The molecular formula is C18H19NO4. The number of ether oxygens (including phenoxy) is 2. The van der Waals surface area contributed by atoms with E-state index < -0.39 is 0 Å². The van der Waals surface area contributed by atoms with Crippen LogP contribution < -0.4 is 9.47 Å². The number of hydrogen-bond acceptors (Lipinski definition) is 5. The molecule has 0 aromatic heterocycles. The number of carbonyl (C=O) groups is 2. The summed E-state index contributed by atoms with van der Waals surface area (Å²) in [6, 6.07) is 4.01. The number of methoxy groups -OCH3 is 2. The first-order valence-electron chi connectivity index (χ1n) is 7.95. The Labute approximate surface area is 134 Å². The lowest BCUT2D eigenvalue weighted by molar-refractivity contribution is -0.122. The summed E-state index contributed by atoms with van der Waals surface area (Å²) >= 11 is 0. The van der Waals surface area contributed by atoms with E-state index in [-0.39, 0.29) is 17.6 Å². The maximum atomic E-state index is 12.5. The molecule has 0 radical (unpaired) electrons. The van der Waals surface area contributed by atoms with Crippen molar-refractivity contribution in [3.63, 3.8) is 0 Å². The Morgan fingerprint density at radius 2 is 1.74 bits per heavy atom. The van der Waals surface area contributed by atoms with E-state index in [1.165, 1.54) is 5.56 Å². The van der Waals surface area contributed by atoms with Crippen molar-refractivity contribution in [3.05, 3.63) is 34.5 Å². The number of benzene rings is 1. The predicted octanol–water partition coefficient (Wildman–Crippen LogP) is 2.19. The summed E-state index contributed by atoms with van der Waals surface area (Å²) < 4.78 is 10.8. The smallest absolute Gasteiger partial charge is 0.170 e. The molecule has 1 atom stereocenters. The monoisotopic (exact) mass is 313 g/mol. The molecule has 0 amide bonds. The highest BCUT2D eigenvalue weighted by Crippen LogP contribution is 2.46. The van der Waals surface area contributed by atoms with Gasteiger partial charge in [0.15, 0.2) is 23.1 Å². The van der Waals surface area contributed by atoms with Crippen molar-refractivity contribution in [2.75, 3.05) is 20.8 Å². The highest BCUT2D eigenvalue weighted by molar-refractivity contribution is 6.22. The topological polar surface area (TPSA) is 55.8 Å². The molecule has 3 aliphatic rings. The van der Waals surface area contributed by atoms with Crippen LogP contribution in [0.25, 0.3) is 0 Å². The SMILES string of the molecule is COc1cc2c(cc1OC)[C@H]1CC(=O)C3=C(CCC3=O)N1CC2. The summed E-state index contributed by atoms with van der Waals surface area (Å²) in [5, 5.41) is 0. The van der Waals surface area contributed by atoms with Crippen molar-refractivity contribution in [2.24, 2.45) is 0 Å². The van der Waals surface area contributed by atoms with E-state index in [0.717, 1.165) is 30.0 Å². The van der Waals surface area contributed by atoms with Crippen LogP contribution in [0.4, 0.5) is 0 Å². The van der Waals surface area contributed by atoms with Gasteiger partial charge in [0.25, 0.3) is 0 Å². The summed E-state index contributed by atoms with van der Waals surface area (Å²) in [4.78, 5) is 26.7. The van der Waals surface area contributed by atoms with Gasteiger partial charge in [-0.05, 0) is 36.1 Å². The van der Waals surface area contributed by atoms with Gasteiger partial charge < -0.3 is 14.4 Å². The molecule has 4 rings (SSSR count). The van der Waals surface area contributed by atoms with Crippen molar-refractivity contribution < 1.29 is 19.1 Å². The number of nitrogens with zero attached hydrogens (tertiary/aromatic N) is 1. The molecule has 0 spiro atoms. The predicted molar refractivity (Wildman–Crippen MR) is 83.6 cm³/mol. The molecule has 23 heavy (non-hydrogen) atoms. The summed E-state index contributed by atoms with van der Waals surface area (Å²) in [6.07, 6.45) is 2.41. The molecule has 0 unspecified atom stereocenters. The molecule has 0 bridgehead atoms. The van der Waals surface area contributed by atoms with Gasteiger partial charge in [-0.2, -0.15) is 0 Å². The third-order valence-corrected chi connectivity index (χ3v) is 5.16. The lowest BCUT2D eigenvalue weighted by Gasteiger charge is -2.42. The zero-order valence-electron chi connectivity index (χ0n) is 13.3. The minimum absolute atomic E-state index is 0.00798. The average Bonchev–Trinajstić information content (AvgIpc) is 2.96. The van der Waals surface area contributed by atoms with Crippen LogP contribution in [-0.2, 0) is 16.0 Å². The minimum Gasteiger partial charge on any atom is -0.493 e. The van der Waals surface area contributed by atoms with Crippen LogP contribution >= 0.6 is 0 Å². The summed E-state index contributed by atoms with van der Waals surface area (Å²) in [6.45, 7) is 0.840. The lowest BCUT2D eigenvalue weighted by atomic mass is 9.84. The van der Waals surface area contributed by atoms with E-state index in [1.54, 1.807) is 14.2 Å². The molecule has 1 aromatic rings. The fourth-order valence-corrected chi connectivity index (χ4v) is 4.10. The van der Waals surface area contributed by atoms with Gasteiger partial charge in [0.05, 0.1) is 25.8 Å². The van der Waals surface area contributed by atoms with Crippen molar-refractivity contribution >= 4 is 11.6 Å². The van der Waals surface area contributed by atoms with Gasteiger partial charge in [0.1, 0.15) is 0 Å². The van der Waals surface area contributed by atoms with Crippen LogP contribution in [0, 0.1) is 0 Å². The van der Waals surface area contributed by atoms with Gasteiger partial charge in [-0.25, -0.2) is 0 Å². The second-order valence-electron chi connectivity index (χ2n) is 6.24. The lowest BCUT2D eigenvalue weighted by Crippen LogP contribution is -2.40. The number of carbonyl (C=O) groups excluding carboxylic acids is 2. The maximum Gasteiger partial charge on any atom is 0.170 e. The van der Waals surface area contributed by atoms with E-state index in [4.69, 9.17) is 9.47 Å². The largest absolute Gasteiger partial charge is 0.493 e. The minimum atomic E-state index is -0.00798. The molecule has 0 N–H and O–H groups in total. The Kier molecular flexibility index (Phi) is 3.18. The van der Waals surface area contributed by atoms with E-state index >= 15 is 0 Å². The molecule has 2 heterocycles. The summed E-state index contributed by atoms with van der Waals surface area (Å²) in [5.41, 5.74) is 3.74. The molecule has 0 saturated carbocycles. The number of hydrogen-bond donors (Lipinski definition) is 0. The zero-order chi connectivity index (χ0) is 16.1. The quantitative estimate of drug-likeness (QED) is 0.784. The summed E-state index contributed by atoms with van der Waals surface area (Å²) in [5.74, 6) is 1.41. The molecule has 5 heteroatoms. The van der Waals surface area contributed by atoms with E-state index in [9.17, 15) is 9.59 Å². The van der Waals surface area contributed by atoms with Crippen LogP contribution in [0.2, 0.25) is 0 Å². The van der Waals surface area contributed by atoms with Crippen LogP contribution in [0.1, 0.15) is 36.4 Å². The normalized spacial score (nSPS) is 22.7. The van der Waals surface area contributed by atoms with Gasteiger partial charge >= 0.3 is 0 Å². The van der Waals surface area contributed by atoms with Crippen LogP contribution in [0.5, 0.6) is 11.5 Å². The highest BCUT2D eigenvalue weighted by Gasteiger charge is 2.42. The number of allylic oxidation sites excluding steroid dienone is 2. The third-order valence-electron chi connectivity index (χ3n) is 5.16. The fourth-order valence-electron chi connectivity index (χ4n) is 4.10. The first kappa shape index (κ1) is 14.3. The van der Waals surface area contributed by atoms with Gasteiger partial charge in [-0.3, -0.25) is 9.59 Å². The molecule has 0 saturated heterocycles. The fraction of sp³-hybridized carbons (Fsp3) is 0.444. The second-order valence-corrected chi connectivity index (χ2v) is 6.24. The molecule has 1 aliphatic carbocycles. The van der Waals surface area contributed by atoms with E-state index in [2.05, 4.69) is 4.90 Å². The number of ketones is 2. The second kappa shape index (κ2) is 5.11. The molecular weight excluding hydrogens is 294 g/mol. The van der Waals surface area contributed by atoms with Gasteiger partial charge in [-0.1, -0.05) is 0 Å². The van der Waals surface area contributed by atoms with Crippen molar-refractivity contribution in [2.45, 2.75) is 31.7 Å². The van der Waals surface area contributed by atoms with Crippen LogP contribution in [0.15, 0.2) is 23.4 Å². The Balaban J connectivity index is 1.81. The van der Waals surface area contributed by atoms with E-state index in [0.29, 0.717) is 30.6 Å². The Morgan fingerprint density at radius 1 is 1.00 bits per heavy atom. The maximum absolute atomic E-state index is 12.5. The molecule has 0 fully saturated rings. The third kappa shape index (κ3) is 1.99. The van der Waals surface area contributed by atoms with Crippen molar-refractivity contribution in [3.8, 4) is 11.5 Å². The first-order valence-corrected chi connectivity index (χ1v) is 7.95. The average molecular weight is 313 g/mol. The van der Waals surface area contributed by atoms with E-state index in [1.807, 2.05) is 12.1 Å². The molecule has 1 aromatic carbocycles. The standard InChI is InChI=1S/C18H19NO4/c1-22-16-7-10-5-6-19-12-3-4-14(20)18(12)15(21)9-13(19)11(10)8-17(16)23-2/h7-8,13H,3-6,9H2,1-2H3/t13-/m1/s1. The zero-order valence-corrected chi connectivity index (χ0v) is 13.3. The van der Waals surface area contributed by atoms with Crippen LogP contribution in [0.3, 0.4) is 0 Å². The molecule has 5 nitrogen and oxygen atoms in total.